The molecule has 0 radical (unpaired) electrons. The molecule has 2 N–H and O–H groups in total. The number of nitrogens with zero attached hydrogens (tertiary/aromatic N) is 2. The highest BCUT2D eigenvalue weighted by Gasteiger charge is 2.11. The fraction of sp³-hybridized carbons (Fsp3) is 0.273. The topological polar surface area (TPSA) is 53.6 Å². The average Bonchev–Trinajstić information content (AvgIpc) is 2.76. The van der Waals surface area contributed by atoms with E-state index in [9.17, 15) is 0 Å². The van der Waals surface area contributed by atoms with E-state index < -0.39 is 0 Å². The van der Waals surface area contributed by atoms with Crippen LogP contribution in [-0.4, -0.2) is 28.0 Å². The van der Waals surface area contributed by atoms with Crippen molar-refractivity contribution in [2.24, 2.45) is 0 Å². The standard InChI is InChI=1S/C11H11ClN4.2ClH/c12-10-8-5-9(7-1-3-13-4-2-7)16-11(8)15-6-14-10;;/h1,5-6,13H,2-4H2,(H,14,15,16);2*1H. The van der Waals surface area contributed by atoms with Crippen LogP contribution in [0.4, 0.5) is 0 Å². The molecule has 0 amide bonds. The van der Waals surface area contributed by atoms with E-state index in [1.165, 1.54) is 11.9 Å². The first-order valence-electron chi connectivity index (χ1n) is 5.24. The molecule has 0 bridgehead atoms. The van der Waals surface area contributed by atoms with Gasteiger partial charge in [0.2, 0.25) is 0 Å². The summed E-state index contributed by atoms with van der Waals surface area (Å²) in [6.45, 7) is 1.94. The van der Waals surface area contributed by atoms with E-state index in [1.54, 1.807) is 0 Å². The molecule has 0 atom stereocenters. The van der Waals surface area contributed by atoms with Gasteiger partial charge in [0.1, 0.15) is 17.1 Å². The molecule has 1 aliphatic heterocycles. The number of H-pyrrole nitrogens is 1. The summed E-state index contributed by atoms with van der Waals surface area (Å²) < 4.78 is 0. The normalized spacial score (nSPS) is 14.6. The van der Waals surface area contributed by atoms with Gasteiger partial charge in [-0.15, -0.1) is 24.8 Å². The van der Waals surface area contributed by atoms with E-state index in [1.807, 2.05) is 6.07 Å². The Hall–Kier alpha value is -0.810. The van der Waals surface area contributed by atoms with Gasteiger partial charge in [-0.05, 0) is 24.6 Å². The molecule has 0 spiro atoms. The Morgan fingerprint density at radius 2 is 2.06 bits per heavy atom. The third kappa shape index (κ3) is 2.78. The second-order valence-corrected chi connectivity index (χ2v) is 4.15. The Morgan fingerprint density at radius 1 is 1.22 bits per heavy atom. The van der Waals surface area contributed by atoms with Crippen molar-refractivity contribution in [3.63, 3.8) is 0 Å². The second kappa shape index (κ2) is 6.38. The minimum absolute atomic E-state index is 0. The molecule has 0 fully saturated rings. The third-order valence-corrected chi connectivity index (χ3v) is 3.09. The quantitative estimate of drug-likeness (QED) is 0.797. The highest BCUT2D eigenvalue weighted by molar-refractivity contribution is 6.34. The summed E-state index contributed by atoms with van der Waals surface area (Å²) in [7, 11) is 0. The van der Waals surface area contributed by atoms with Crippen LogP contribution in [0.1, 0.15) is 12.1 Å². The van der Waals surface area contributed by atoms with Gasteiger partial charge in [0.25, 0.3) is 0 Å². The van der Waals surface area contributed by atoms with E-state index in [4.69, 9.17) is 11.6 Å². The van der Waals surface area contributed by atoms with Crippen molar-refractivity contribution in [2.45, 2.75) is 6.42 Å². The number of fused-ring (bicyclic) bond motifs is 1. The first-order chi connectivity index (χ1) is 7.84. The van der Waals surface area contributed by atoms with Crippen molar-refractivity contribution in [3.8, 4) is 0 Å². The molecule has 1 aliphatic rings. The number of rotatable bonds is 1. The van der Waals surface area contributed by atoms with Gasteiger partial charge in [-0.3, -0.25) is 0 Å². The summed E-state index contributed by atoms with van der Waals surface area (Å²) in [5.74, 6) is 0. The summed E-state index contributed by atoms with van der Waals surface area (Å²) in [6, 6.07) is 2.02. The van der Waals surface area contributed by atoms with Gasteiger partial charge in [-0.25, -0.2) is 9.97 Å². The van der Waals surface area contributed by atoms with Gasteiger partial charge in [-0.2, -0.15) is 0 Å². The Bertz CT molecular complexity index is 564. The Labute approximate surface area is 122 Å². The first-order valence-corrected chi connectivity index (χ1v) is 5.62. The number of hydrogen-bond acceptors (Lipinski definition) is 3. The summed E-state index contributed by atoms with van der Waals surface area (Å²) in [4.78, 5) is 11.4. The molecule has 18 heavy (non-hydrogen) atoms. The third-order valence-electron chi connectivity index (χ3n) is 2.79. The number of aromatic nitrogens is 3. The fourth-order valence-electron chi connectivity index (χ4n) is 1.95. The van der Waals surface area contributed by atoms with Crippen molar-refractivity contribution in [1.29, 1.82) is 0 Å². The Kier molecular flexibility index (Phi) is 5.41. The minimum Gasteiger partial charge on any atom is -0.339 e. The molecule has 0 aromatic carbocycles. The maximum absolute atomic E-state index is 6.01. The van der Waals surface area contributed by atoms with Crippen molar-refractivity contribution in [3.05, 3.63) is 29.3 Å². The summed E-state index contributed by atoms with van der Waals surface area (Å²) in [6.07, 6.45) is 4.69. The Balaban J connectivity index is 0.000000810. The zero-order valence-electron chi connectivity index (χ0n) is 9.44. The Morgan fingerprint density at radius 3 is 2.72 bits per heavy atom. The van der Waals surface area contributed by atoms with Crippen molar-refractivity contribution >= 4 is 53.0 Å². The summed E-state index contributed by atoms with van der Waals surface area (Å²) in [5, 5.41) is 4.67. The lowest BCUT2D eigenvalue weighted by Crippen LogP contribution is -2.20. The van der Waals surface area contributed by atoms with Crippen LogP contribution in [-0.2, 0) is 0 Å². The molecule has 2 aromatic rings. The van der Waals surface area contributed by atoms with Crippen LogP contribution in [0.5, 0.6) is 0 Å². The van der Waals surface area contributed by atoms with E-state index in [2.05, 4.69) is 26.3 Å². The van der Waals surface area contributed by atoms with Gasteiger partial charge in [0.15, 0.2) is 0 Å². The van der Waals surface area contributed by atoms with E-state index >= 15 is 0 Å². The van der Waals surface area contributed by atoms with Crippen molar-refractivity contribution < 1.29 is 0 Å². The van der Waals surface area contributed by atoms with E-state index in [0.29, 0.717) is 5.15 Å². The monoisotopic (exact) mass is 306 g/mol. The van der Waals surface area contributed by atoms with Gasteiger partial charge in [0.05, 0.1) is 5.39 Å². The maximum atomic E-state index is 6.01. The molecule has 0 saturated carbocycles. The number of aromatic amines is 1. The van der Waals surface area contributed by atoms with Crippen LogP contribution < -0.4 is 5.32 Å². The molecular weight excluding hydrogens is 295 g/mol. The van der Waals surface area contributed by atoms with Crippen LogP contribution in [0, 0.1) is 0 Å². The first kappa shape index (κ1) is 15.2. The number of hydrogen-bond donors (Lipinski definition) is 2. The minimum atomic E-state index is 0. The summed E-state index contributed by atoms with van der Waals surface area (Å²) in [5.41, 5.74) is 3.21. The SMILES string of the molecule is Cl.Cl.Clc1ncnc2[nH]c(C3=CCNCC3)cc12. The zero-order chi connectivity index (χ0) is 11.0. The highest BCUT2D eigenvalue weighted by atomic mass is 35.5. The smallest absolute Gasteiger partial charge is 0.142 e. The van der Waals surface area contributed by atoms with E-state index in [-0.39, 0.29) is 24.8 Å². The molecule has 7 heteroatoms. The van der Waals surface area contributed by atoms with Crippen LogP contribution >= 0.6 is 36.4 Å². The summed E-state index contributed by atoms with van der Waals surface area (Å²) >= 11 is 6.01. The van der Waals surface area contributed by atoms with Crippen LogP contribution in [0.2, 0.25) is 5.15 Å². The lowest BCUT2D eigenvalue weighted by Gasteiger charge is -2.12. The van der Waals surface area contributed by atoms with Crippen LogP contribution in [0.3, 0.4) is 0 Å². The lowest BCUT2D eigenvalue weighted by atomic mass is 10.1. The largest absolute Gasteiger partial charge is 0.339 e. The molecule has 98 valence electrons. The van der Waals surface area contributed by atoms with Crippen molar-refractivity contribution in [2.75, 3.05) is 13.1 Å². The predicted octanol–water partition coefficient (Wildman–Crippen LogP) is 2.83. The fourth-order valence-corrected chi connectivity index (χ4v) is 2.14. The lowest BCUT2D eigenvalue weighted by molar-refractivity contribution is 0.737. The second-order valence-electron chi connectivity index (χ2n) is 3.79. The molecule has 2 aromatic heterocycles. The van der Waals surface area contributed by atoms with Gasteiger partial charge >= 0.3 is 0 Å². The van der Waals surface area contributed by atoms with Gasteiger partial charge in [-0.1, -0.05) is 17.7 Å². The molecule has 4 nitrogen and oxygen atoms in total. The predicted molar refractivity (Wildman–Crippen MR) is 78.9 cm³/mol. The van der Waals surface area contributed by atoms with Crippen molar-refractivity contribution in [1.82, 2.24) is 20.3 Å². The van der Waals surface area contributed by atoms with Crippen LogP contribution in [0.15, 0.2) is 18.5 Å². The molecule has 0 saturated heterocycles. The van der Waals surface area contributed by atoms with Gasteiger partial charge in [0, 0.05) is 12.2 Å². The number of nitrogens with one attached hydrogen (secondary N) is 2. The zero-order valence-corrected chi connectivity index (χ0v) is 11.8. The average molecular weight is 308 g/mol. The molecular formula is C11H13Cl3N4. The molecule has 0 unspecified atom stereocenters. The maximum Gasteiger partial charge on any atom is 0.142 e. The molecule has 3 heterocycles. The van der Waals surface area contributed by atoms with Crippen LogP contribution in [0.25, 0.3) is 16.6 Å². The van der Waals surface area contributed by atoms with Gasteiger partial charge < -0.3 is 10.3 Å². The number of halogens is 3. The molecule has 0 aliphatic carbocycles. The van der Waals surface area contributed by atoms with E-state index in [0.717, 1.165) is 36.2 Å². The molecule has 3 rings (SSSR count). The highest BCUT2D eigenvalue weighted by Crippen LogP contribution is 2.25.